The van der Waals surface area contributed by atoms with Gasteiger partial charge in [-0.15, -0.1) is 13.2 Å². The molecule has 0 aliphatic heterocycles. The molecule has 8 nitrogen and oxygen atoms in total. The summed E-state index contributed by atoms with van der Waals surface area (Å²) in [6.07, 6.45) is -4.80. The molecule has 0 atom stereocenters. The number of nitrogens with one attached hydrogen (secondary N) is 2. The maximum atomic E-state index is 12.6. The smallest absolute Gasteiger partial charge is 0.496 e. The van der Waals surface area contributed by atoms with Crippen molar-refractivity contribution in [3.8, 4) is 22.8 Å². The van der Waals surface area contributed by atoms with Gasteiger partial charge in [0, 0.05) is 30.4 Å². The number of nitrogens with zero attached hydrogens (tertiary/aromatic N) is 2. The fourth-order valence-corrected chi connectivity index (χ4v) is 2.82. The first-order chi connectivity index (χ1) is 15.2. The van der Waals surface area contributed by atoms with Gasteiger partial charge in [-0.2, -0.15) is 4.98 Å². The first kappa shape index (κ1) is 22.7. The van der Waals surface area contributed by atoms with Gasteiger partial charge in [0.1, 0.15) is 22.9 Å². The van der Waals surface area contributed by atoms with E-state index in [0.29, 0.717) is 28.5 Å². The molecule has 32 heavy (non-hydrogen) atoms. The van der Waals surface area contributed by atoms with Crippen LogP contribution >= 0.6 is 0 Å². The number of alkyl halides is 3. The molecule has 2 aromatic carbocycles. The summed E-state index contributed by atoms with van der Waals surface area (Å²) in [5.74, 6) is -0.0185. The van der Waals surface area contributed by atoms with Crippen LogP contribution in [-0.2, 0) is 4.74 Å². The molecule has 3 rings (SSSR count). The number of methoxy groups -OCH3 is 2. The number of benzene rings is 2. The third-order valence-corrected chi connectivity index (χ3v) is 4.19. The van der Waals surface area contributed by atoms with E-state index >= 15 is 0 Å². The standard InChI is InChI=1S/C21H19F3N4O4/c1-25-20-27-16(12-5-4-6-14(9-12)32-21(22,23)24)11-18(28-20)26-13-7-8-15(19(29)31-3)17(10-13)30-2/h4-11H,1-3H3,(H2,25,26,27,28). The molecule has 0 radical (unpaired) electrons. The van der Waals surface area contributed by atoms with Crippen molar-refractivity contribution in [1.29, 1.82) is 0 Å². The van der Waals surface area contributed by atoms with Gasteiger partial charge in [-0.25, -0.2) is 9.78 Å². The minimum Gasteiger partial charge on any atom is -0.496 e. The Balaban J connectivity index is 1.94. The summed E-state index contributed by atoms with van der Waals surface area (Å²) < 4.78 is 51.6. The Morgan fingerprint density at radius 3 is 2.47 bits per heavy atom. The second kappa shape index (κ2) is 9.41. The number of rotatable bonds is 7. The Kier molecular flexibility index (Phi) is 6.67. The highest BCUT2D eigenvalue weighted by Crippen LogP contribution is 2.30. The molecule has 1 aromatic heterocycles. The molecule has 2 N–H and O–H groups in total. The molecule has 1 heterocycles. The third kappa shape index (κ3) is 5.56. The molecule has 0 fully saturated rings. The zero-order valence-electron chi connectivity index (χ0n) is 17.3. The maximum Gasteiger partial charge on any atom is 0.573 e. The maximum absolute atomic E-state index is 12.6. The first-order valence-electron chi connectivity index (χ1n) is 9.19. The van der Waals surface area contributed by atoms with Gasteiger partial charge >= 0.3 is 12.3 Å². The number of aromatic nitrogens is 2. The predicted molar refractivity (Wildman–Crippen MR) is 111 cm³/mol. The zero-order chi connectivity index (χ0) is 23.3. The minimum absolute atomic E-state index is 0.241. The Hall–Kier alpha value is -4.02. The summed E-state index contributed by atoms with van der Waals surface area (Å²) in [6, 6.07) is 11.8. The van der Waals surface area contributed by atoms with E-state index < -0.39 is 12.3 Å². The van der Waals surface area contributed by atoms with E-state index in [9.17, 15) is 18.0 Å². The van der Waals surface area contributed by atoms with Crippen molar-refractivity contribution in [2.75, 3.05) is 31.9 Å². The minimum atomic E-state index is -4.80. The highest BCUT2D eigenvalue weighted by Gasteiger charge is 2.31. The highest BCUT2D eigenvalue weighted by molar-refractivity contribution is 5.93. The second-order valence-corrected chi connectivity index (χ2v) is 6.32. The largest absolute Gasteiger partial charge is 0.573 e. The number of ether oxygens (including phenoxy) is 3. The Labute approximate surface area is 181 Å². The zero-order valence-corrected chi connectivity index (χ0v) is 17.3. The van der Waals surface area contributed by atoms with Gasteiger partial charge in [0.05, 0.1) is 19.9 Å². The second-order valence-electron chi connectivity index (χ2n) is 6.32. The summed E-state index contributed by atoms with van der Waals surface area (Å²) >= 11 is 0. The van der Waals surface area contributed by atoms with Gasteiger partial charge in [0.15, 0.2) is 0 Å². The molecular weight excluding hydrogens is 429 g/mol. The van der Waals surface area contributed by atoms with Crippen LogP contribution in [0, 0.1) is 0 Å². The Bertz CT molecular complexity index is 1120. The van der Waals surface area contributed by atoms with E-state index in [0.717, 1.165) is 0 Å². The highest BCUT2D eigenvalue weighted by atomic mass is 19.4. The number of carbonyl (C=O) groups excluding carboxylic acids is 1. The van der Waals surface area contributed by atoms with Crippen LogP contribution in [0.5, 0.6) is 11.5 Å². The third-order valence-electron chi connectivity index (χ3n) is 4.19. The summed E-state index contributed by atoms with van der Waals surface area (Å²) in [7, 11) is 4.30. The summed E-state index contributed by atoms with van der Waals surface area (Å²) in [4.78, 5) is 20.4. The lowest BCUT2D eigenvalue weighted by Gasteiger charge is -2.13. The molecule has 11 heteroatoms. The lowest BCUT2D eigenvalue weighted by molar-refractivity contribution is -0.274. The molecule has 0 saturated carbocycles. The summed E-state index contributed by atoms with van der Waals surface area (Å²) in [6.45, 7) is 0. The lowest BCUT2D eigenvalue weighted by atomic mass is 10.1. The van der Waals surface area contributed by atoms with Crippen LogP contribution in [0.2, 0.25) is 0 Å². The SMILES string of the molecule is CNc1nc(Nc2ccc(C(=O)OC)c(OC)c2)cc(-c2cccc(OC(F)(F)F)c2)n1. The van der Waals surface area contributed by atoms with E-state index in [1.54, 1.807) is 31.3 Å². The van der Waals surface area contributed by atoms with E-state index in [4.69, 9.17) is 9.47 Å². The molecule has 0 unspecified atom stereocenters. The van der Waals surface area contributed by atoms with E-state index in [1.165, 1.54) is 38.5 Å². The van der Waals surface area contributed by atoms with Crippen LogP contribution in [0.1, 0.15) is 10.4 Å². The van der Waals surface area contributed by atoms with Crippen molar-refractivity contribution in [3.05, 3.63) is 54.1 Å². The fourth-order valence-electron chi connectivity index (χ4n) is 2.82. The van der Waals surface area contributed by atoms with Gasteiger partial charge in [0.2, 0.25) is 5.95 Å². The van der Waals surface area contributed by atoms with Gasteiger partial charge < -0.3 is 24.8 Å². The molecular formula is C21H19F3N4O4. The van der Waals surface area contributed by atoms with Gasteiger partial charge in [-0.05, 0) is 24.3 Å². The number of hydrogen-bond donors (Lipinski definition) is 2. The first-order valence-corrected chi connectivity index (χ1v) is 9.19. The van der Waals surface area contributed by atoms with Crippen molar-refractivity contribution in [2.24, 2.45) is 0 Å². The van der Waals surface area contributed by atoms with Crippen LogP contribution in [0.15, 0.2) is 48.5 Å². The molecule has 168 valence electrons. The molecule has 0 aliphatic carbocycles. The molecule has 0 saturated heterocycles. The van der Waals surface area contributed by atoms with Crippen molar-refractivity contribution in [2.45, 2.75) is 6.36 Å². The van der Waals surface area contributed by atoms with Crippen LogP contribution in [-0.4, -0.2) is 43.6 Å². The van der Waals surface area contributed by atoms with Crippen LogP contribution in [0.3, 0.4) is 0 Å². The quantitative estimate of drug-likeness (QED) is 0.506. The fraction of sp³-hybridized carbons (Fsp3) is 0.190. The number of hydrogen-bond acceptors (Lipinski definition) is 8. The molecule has 0 spiro atoms. The number of halogens is 3. The number of esters is 1. The van der Waals surface area contributed by atoms with E-state index in [1.807, 2.05) is 0 Å². The lowest BCUT2D eigenvalue weighted by Crippen LogP contribution is -2.17. The average Bonchev–Trinajstić information content (AvgIpc) is 2.77. The Morgan fingerprint density at radius 2 is 1.81 bits per heavy atom. The Morgan fingerprint density at radius 1 is 1.03 bits per heavy atom. The normalized spacial score (nSPS) is 10.9. The predicted octanol–water partition coefficient (Wildman–Crippen LogP) is 4.62. The van der Waals surface area contributed by atoms with E-state index in [-0.39, 0.29) is 17.3 Å². The average molecular weight is 448 g/mol. The molecule has 3 aromatic rings. The van der Waals surface area contributed by atoms with Crippen LogP contribution in [0.25, 0.3) is 11.3 Å². The van der Waals surface area contributed by atoms with Gasteiger partial charge in [0.25, 0.3) is 0 Å². The number of anilines is 3. The topological polar surface area (TPSA) is 94.6 Å². The van der Waals surface area contributed by atoms with Gasteiger partial charge in [-0.3, -0.25) is 0 Å². The van der Waals surface area contributed by atoms with Crippen molar-refractivity contribution >= 4 is 23.4 Å². The van der Waals surface area contributed by atoms with Crippen molar-refractivity contribution in [3.63, 3.8) is 0 Å². The van der Waals surface area contributed by atoms with Crippen LogP contribution < -0.4 is 20.1 Å². The van der Waals surface area contributed by atoms with E-state index in [2.05, 4.69) is 25.3 Å². The molecule has 0 aliphatic rings. The monoisotopic (exact) mass is 448 g/mol. The van der Waals surface area contributed by atoms with Crippen molar-refractivity contribution < 1.29 is 32.2 Å². The summed E-state index contributed by atoms with van der Waals surface area (Å²) in [5, 5.41) is 5.88. The molecule has 0 amide bonds. The van der Waals surface area contributed by atoms with Crippen LogP contribution in [0.4, 0.5) is 30.6 Å². The molecule has 0 bridgehead atoms. The van der Waals surface area contributed by atoms with Crippen molar-refractivity contribution in [1.82, 2.24) is 9.97 Å². The van der Waals surface area contributed by atoms with Gasteiger partial charge in [-0.1, -0.05) is 12.1 Å². The summed E-state index contributed by atoms with van der Waals surface area (Å²) in [5.41, 5.74) is 1.56. The number of carbonyl (C=O) groups is 1.